The van der Waals surface area contributed by atoms with Gasteiger partial charge in [-0.25, -0.2) is 0 Å². The van der Waals surface area contributed by atoms with E-state index in [9.17, 15) is 0 Å². The molecule has 0 atom stereocenters. The topological polar surface area (TPSA) is 21.3 Å². The van der Waals surface area contributed by atoms with E-state index >= 15 is 0 Å². The Morgan fingerprint density at radius 2 is 2.38 bits per heavy atom. The van der Waals surface area contributed by atoms with Gasteiger partial charge in [-0.1, -0.05) is 12.2 Å². The molecular weight excluding hydrogens is 102 g/mol. The Balaban J connectivity index is 2.72. The fourth-order valence-electron chi connectivity index (χ4n) is 0.327. The van der Waals surface area contributed by atoms with E-state index < -0.39 is 0 Å². The maximum atomic E-state index is 4.83. The molecule has 0 aliphatic carbocycles. The van der Waals surface area contributed by atoms with Crippen LogP contribution < -0.4 is 5.48 Å². The van der Waals surface area contributed by atoms with Gasteiger partial charge >= 0.3 is 0 Å². The van der Waals surface area contributed by atoms with Crippen LogP contribution in [0.2, 0.25) is 0 Å². The van der Waals surface area contributed by atoms with E-state index in [2.05, 4.69) is 5.48 Å². The summed E-state index contributed by atoms with van der Waals surface area (Å²) in [5.41, 5.74) is 2.75. The molecule has 0 unspecified atom stereocenters. The fourth-order valence-corrected chi connectivity index (χ4v) is 0.327. The molecule has 0 spiro atoms. The summed E-state index contributed by atoms with van der Waals surface area (Å²) in [6, 6.07) is 0. The zero-order valence-electron chi connectivity index (χ0n) is 5.48. The lowest BCUT2D eigenvalue weighted by Gasteiger charge is -1.96. The van der Waals surface area contributed by atoms with Gasteiger partial charge in [-0.15, -0.1) is 0 Å². The molecule has 0 radical (unpaired) electrons. The van der Waals surface area contributed by atoms with E-state index in [1.165, 1.54) is 0 Å². The number of hydrogen-bond donors (Lipinski definition) is 1. The molecule has 0 aliphatic rings. The average molecular weight is 115 g/mol. The van der Waals surface area contributed by atoms with E-state index in [1.807, 2.05) is 26.0 Å². The van der Waals surface area contributed by atoms with Gasteiger partial charge in [0.2, 0.25) is 0 Å². The summed E-state index contributed by atoms with van der Waals surface area (Å²) in [5.74, 6) is 0. The minimum absolute atomic E-state index is 0.720. The van der Waals surface area contributed by atoms with Gasteiger partial charge in [-0.05, 0) is 13.8 Å². The Hall–Kier alpha value is -0.340. The van der Waals surface area contributed by atoms with Crippen LogP contribution in [0.4, 0.5) is 0 Å². The Morgan fingerprint density at radius 3 is 2.88 bits per heavy atom. The zero-order valence-corrected chi connectivity index (χ0v) is 5.48. The summed E-state index contributed by atoms with van der Waals surface area (Å²) in [5, 5.41) is 0. The van der Waals surface area contributed by atoms with E-state index in [1.54, 1.807) is 0 Å². The lowest BCUT2D eigenvalue weighted by Crippen LogP contribution is -2.13. The van der Waals surface area contributed by atoms with Gasteiger partial charge in [0.1, 0.15) is 0 Å². The molecule has 0 fully saturated rings. The van der Waals surface area contributed by atoms with Crippen LogP contribution in [-0.4, -0.2) is 13.2 Å². The monoisotopic (exact) mass is 115 g/mol. The summed E-state index contributed by atoms with van der Waals surface area (Å²) in [7, 11) is 0. The Labute approximate surface area is 50.5 Å². The lowest BCUT2D eigenvalue weighted by molar-refractivity contribution is 0.0587. The van der Waals surface area contributed by atoms with E-state index in [4.69, 9.17) is 4.84 Å². The largest absolute Gasteiger partial charge is 0.302 e. The number of rotatable bonds is 4. The molecule has 0 heterocycles. The quantitative estimate of drug-likeness (QED) is 0.336. The second-order valence-corrected chi connectivity index (χ2v) is 1.35. The molecule has 0 aromatic carbocycles. The molecule has 0 aromatic rings. The summed E-state index contributed by atoms with van der Waals surface area (Å²) in [4.78, 5) is 4.83. The van der Waals surface area contributed by atoms with Crippen LogP contribution in [0.15, 0.2) is 12.2 Å². The van der Waals surface area contributed by atoms with Crippen LogP contribution in [0, 0.1) is 0 Å². The van der Waals surface area contributed by atoms with Gasteiger partial charge in [0.05, 0.1) is 6.61 Å². The predicted octanol–water partition coefficient (Wildman–Crippen LogP) is 1.10. The molecule has 2 nitrogen and oxygen atoms in total. The van der Waals surface area contributed by atoms with E-state index in [-0.39, 0.29) is 0 Å². The first kappa shape index (κ1) is 7.66. The van der Waals surface area contributed by atoms with Crippen molar-refractivity contribution in [3.63, 3.8) is 0 Å². The molecule has 0 bridgehead atoms. The second kappa shape index (κ2) is 6.66. The van der Waals surface area contributed by atoms with Crippen molar-refractivity contribution in [3.05, 3.63) is 12.2 Å². The molecule has 2 heteroatoms. The highest BCUT2D eigenvalue weighted by Crippen LogP contribution is 1.67. The van der Waals surface area contributed by atoms with Crippen molar-refractivity contribution < 1.29 is 4.84 Å². The predicted molar refractivity (Wildman–Crippen MR) is 34.4 cm³/mol. The van der Waals surface area contributed by atoms with Crippen molar-refractivity contribution in [2.45, 2.75) is 13.8 Å². The number of allylic oxidation sites excluding steroid dienone is 1. The SMILES string of the molecule is C/C=C/CNOCC. The first-order valence-electron chi connectivity index (χ1n) is 2.87. The van der Waals surface area contributed by atoms with E-state index in [0.29, 0.717) is 0 Å². The van der Waals surface area contributed by atoms with Crippen LogP contribution in [0.3, 0.4) is 0 Å². The summed E-state index contributed by atoms with van der Waals surface area (Å²) >= 11 is 0. The Kier molecular flexibility index (Phi) is 6.38. The number of hydrogen-bond acceptors (Lipinski definition) is 2. The highest BCUT2D eigenvalue weighted by molar-refractivity contribution is 4.77. The molecule has 0 saturated heterocycles. The highest BCUT2D eigenvalue weighted by atomic mass is 16.6. The fraction of sp³-hybridized carbons (Fsp3) is 0.667. The third-order valence-corrected chi connectivity index (χ3v) is 0.683. The van der Waals surface area contributed by atoms with Crippen LogP contribution in [0.1, 0.15) is 13.8 Å². The van der Waals surface area contributed by atoms with Gasteiger partial charge in [0.15, 0.2) is 0 Å². The molecule has 0 amide bonds. The lowest BCUT2D eigenvalue weighted by atomic mass is 10.5. The maximum Gasteiger partial charge on any atom is 0.0654 e. The minimum Gasteiger partial charge on any atom is -0.302 e. The van der Waals surface area contributed by atoms with Crippen molar-refractivity contribution in [3.8, 4) is 0 Å². The average Bonchev–Trinajstić information content (AvgIpc) is 1.81. The third-order valence-electron chi connectivity index (χ3n) is 0.683. The van der Waals surface area contributed by atoms with E-state index in [0.717, 1.165) is 13.2 Å². The van der Waals surface area contributed by atoms with Crippen molar-refractivity contribution >= 4 is 0 Å². The van der Waals surface area contributed by atoms with Crippen molar-refractivity contribution in [2.75, 3.05) is 13.2 Å². The molecule has 0 aliphatic heterocycles. The molecule has 0 rings (SSSR count). The second-order valence-electron chi connectivity index (χ2n) is 1.35. The first-order chi connectivity index (χ1) is 3.91. The van der Waals surface area contributed by atoms with Gasteiger partial charge in [0.25, 0.3) is 0 Å². The van der Waals surface area contributed by atoms with Crippen molar-refractivity contribution in [1.29, 1.82) is 0 Å². The highest BCUT2D eigenvalue weighted by Gasteiger charge is 1.73. The van der Waals surface area contributed by atoms with Gasteiger partial charge in [-0.2, -0.15) is 5.48 Å². The molecule has 0 aromatic heterocycles. The molecular formula is C6H13NO. The maximum absolute atomic E-state index is 4.83. The third kappa shape index (κ3) is 5.66. The van der Waals surface area contributed by atoms with Crippen LogP contribution in [0.5, 0.6) is 0 Å². The summed E-state index contributed by atoms with van der Waals surface area (Å²) in [6.45, 7) is 5.44. The minimum atomic E-state index is 0.720. The zero-order chi connectivity index (χ0) is 6.24. The normalized spacial score (nSPS) is 10.8. The Bertz CT molecular complexity index is 61.5. The number of nitrogens with one attached hydrogen (secondary N) is 1. The van der Waals surface area contributed by atoms with Gasteiger partial charge < -0.3 is 4.84 Å². The Morgan fingerprint density at radius 1 is 1.62 bits per heavy atom. The van der Waals surface area contributed by atoms with Crippen LogP contribution in [0.25, 0.3) is 0 Å². The summed E-state index contributed by atoms with van der Waals surface area (Å²) in [6.07, 6.45) is 3.97. The summed E-state index contributed by atoms with van der Waals surface area (Å²) < 4.78 is 0. The standard InChI is InChI=1S/C6H13NO/c1-3-5-6-7-8-4-2/h3,5,7H,4,6H2,1-2H3/b5-3+. The molecule has 1 N–H and O–H groups in total. The van der Waals surface area contributed by atoms with Crippen LogP contribution >= 0.6 is 0 Å². The number of hydroxylamine groups is 1. The van der Waals surface area contributed by atoms with Gasteiger partial charge in [0, 0.05) is 6.54 Å². The smallest absolute Gasteiger partial charge is 0.0654 e. The molecule has 0 saturated carbocycles. The molecule has 48 valence electrons. The van der Waals surface area contributed by atoms with Crippen molar-refractivity contribution in [1.82, 2.24) is 5.48 Å². The van der Waals surface area contributed by atoms with Gasteiger partial charge in [-0.3, -0.25) is 0 Å². The van der Waals surface area contributed by atoms with Crippen molar-refractivity contribution in [2.24, 2.45) is 0 Å². The van der Waals surface area contributed by atoms with Crippen LogP contribution in [-0.2, 0) is 4.84 Å². The first-order valence-corrected chi connectivity index (χ1v) is 2.87. The molecule has 8 heavy (non-hydrogen) atoms.